The van der Waals surface area contributed by atoms with Crippen LogP contribution >= 0.6 is 0 Å². The molecule has 5 N–H and O–H groups in total. The van der Waals surface area contributed by atoms with E-state index in [2.05, 4.69) is 10.6 Å². The highest BCUT2D eigenvalue weighted by atomic mass is 16.5. The zero-order chi connectivity index (χ0) is 25.1. The Morgan fingerprint density at radius 2 is 1.82 bits per heavy atom. The fourth-order valence-electron chi connectivity index (χ4n) is 3.40. The maximum Gasteiger partial charge on any atom is 0.310 e. The van der Waals surface area contributed by atoms with Gasteiger partial charge in [-0.1, -0.05) is 44.4 Å². The van der Waals surface area contributed by atoms with E-state index in [1.165, 1.54) is 11.5 Å². The standard InChI is InChI=1S/C24H31N3O7/c1-3-4-5-7-18(13-21(28)27-33)22(29)25-14-26-23(30)20-11-10-19(34-20)17-9-6-8-16(12-17)15(2)24(31)32/h6,8-12,15,18,33H,3-5,7,13-14H2,1-2H3,(H,25,29)(H,26,30)(H,27,28)(H,31,32)/t15?,18-/m1/s1. The molecule has 2 aromatic rings. The van der Waals surface area contributed by atoms with E-state index in [-0.39, 0.29) is 18.8 Å². The van der Waals surface area contributed by atoms with E-state index in [9.17, 15) is 24.3 Å². The molecule has 0 saturated carbocycles. The summed E-state index contributed by atoms with van der Waals surface area (Å²) in [5.41, 5.74) is 2.78. The first-order valence-corrected chi connectivity index (χ1v) is 11.2. The van der Waals surface area contributed by atoms with E-state index in [0.717, 1.165) is 19.3 Å². The van der Waals surface area contributed by atoms with Crippen molar-refractivity contribution < 1.29 is 33.9 Å². The molecule has 1 unspecified atom stereocenters. The molecule has 0 spiro atoms. The molecule has 0 radical (unpaired) electrons. The maximum atomic E-state index is 12.4. The van der Waals surface area contributed by atoms with Crippen LogP contribution in [-0.4, -0.2) is 40.7 Å². The van der Waals surface area contributed by atoms with Crippen LogP contribution in [0.4, 0.5) is 0 Å². The molecule has 2 rings (SSSR count). The highest BCUT2D eigenvalue weighted by molar-refractivity contribution is 5.92. The van der Waals surface area contributed by atoms with Gasteiger partial charge in [0.1, 0.15) is 5.76 Å². The molecular weight excluding hydrogens is 442 g/mol. The van der Waals surface area contributed by atoms with Crippen LogP contribution < -0.4 is 16.1 Å². The number of furan rings is 1. The molecule has 0 aliphatic rings. The third-order valence-corrected chi connectivity index (χ3v) is 5.47. The summed E-state index contributed by atoms with van der Waals surface area (Å²) >= 11 is 0. The molecule has 34 heavy (non-hydrogen) atoms. The predicted octanol–water partition coefficient (Wildman–Crippen LogP) is 3.03. The van der Waals surface area contributed by atoms with Crippen LogP contribution in [0.5, 0.6) is 0 Å². The maximum absolute atomic E-state index is 12.4. The monoisotopic (exact) mass is 473 g/mol. The number of unbranched alkanes of at least 4 members (excludes halogenated alkanes) is 2. The molecule has 0 fully saturated rings. The number of carboxylic acids is 1. The van der Waals surface area contributed by atoms with Crippen molar-refractivity contribution in [1.29, 1.82) is 0 Å². The minimum Gasteiger partial charge on any atom is -0.481 e. The summed E-state index contributed by atoms with van der Waals surface area (Å²) in [5, 5.41) is 23.1. The molecule has 0 bridgehead atoms. The quantitative estimate of drug-likeness (QED) is 0.129. The van der Waals surface area contributed by atoms with Gasteiger partial charge in [-0.15, -0.1) is 0 Å². The predicted molar refractivity (Wildman–Crippen MR) is 123 cm³/mol. The Kier molecular flexibility index (Phi) is 10.3. The zero-order valence-electron chi connectivity index (χ0n) is 19.3. The highest BCUT2D eigenvalue weighted by Gasteiger charge is 2.22. The van der Waals surface area contributed by atoms with Gasteiger partial charge < -0.3 is 20.2 Å². The van der Waals surface area contributed by atoms with Crippen LogP contribution in [0, 0.1) is 5.92 Å². The molecule has 1 heterocycles. The molecule has 3 amide bonds. The molecule has 1 aromatic carbocycles. The normalized spacial score (nSPS) is 12.4. The van der Waals surface area contributed by atoms with Crippen molar-refractivity contribution in [2.45, 2.75) is 51.9 Å². The fraction of sp³-hybridized carbons (Fsp3) is 0.417. The van der Waals surface area contributed by atoms with E-state index in [0.29, 0.717) is 23.3 Å². The van der Waals surface area contributed by atoms with Gasteiger partial charge in [0.05, 0.1) is 12.6 Å². The number of benzene rings is 1. The molecule has 0 saturated heterocycles. The lowest BCUT2D eigenvalue weighted by Crippen LogP contribution is -2.41. The minimum atomic E-state index is -0.941. The summed E-state index contributed by atoms with van der Waals surface area (Å²) < 4.78 is 5.61. The van der Waals surface area contributed by atoms with Crippen molar-refractivity contribution in [3.63, 3.8) is 0 Å². The summed E-state index contributed by atoms with van der Waals surface area (Å²) in [7, 11) is 0. The third-order valence-electron chi connectivity index (χ3n) is 5.47. The number of amides is 3. The summed E-state index contributed by atoms with van der Waals surface area (Å²) in [5.74, 6) is -3.41. The number of carboxylic acid groups (broad SMARTS) is 1. The molecule has 0 aliphatic carbocycles. The smallest absolute Gasteiger partial charge is 0.310 e. The summed E-state index contributed by atoms with van der Waals surface area (Å²) in [6.45, 7) is 3.45. The van der Waals surface area contributed by atoms with Gasteiger partial charge in [0.2, 0.25) is 11.8 Å². The Morgan fingerprint density at radius 3 is 2.50 bits per heavy atom. The van der Waals surface area contributed by atoms with Crippen LogP contribution in [-0.2, 0) is 14.4 Å². The first-order valence-electron chi connectivity index (χ1n) is 11.2. The molecule has 10 nitrogen and oxygen atoms in total. The topological polar surface area (TPSA) is 158 Å². The van der Waals surface area contributed by atoms with Crippen molar-refractivity contribution in [2.75, 3.05) is 6.67 Å². The lowest BCUT2D eigenvalue weighted by atomic mass is 9.96. The minimum absolute atomic E-state index is 0.0279. The van der Waals surface area contributed by atoms with E-state index < -0.39 is 35.5 Å². The summed E-state index contributed by atoms with van der Waals surface area (Å²) in [6.07, 6.45) is 2.98. The van der Waals surface area contributed by atoms with Crippen molar-refractivity contribution >= 4 is 23.7 Å². The van der Waals surface area contributed by atoms with Crippen molar-refractivity contribution in [3.05, 3.63) is 47.7 Å². The number of aliphatic carboxylic acids is 1. The van der Waals surface area contributed by atoms with Crippen LogP contribution in [0.25, 0.3) is 11.3 Å². The van der Waals surface area contributed by atoms with Gasteiger partial charge in [-0.05, 0) is 37.1 Å². The first kappa shape index (κ1) is 26.6. The average molecular weight is 474 g/mol. The molecule has 1 aromatic heterocycles. The second-order valence-electron chi connectivity index (χ2n) is 8.00. The second kappa shape index (κ2) is 13.1. The fourth-order valence-corrected chi connectivity index (χ4v) is 3.40. The Bertz CT molecular complexity index is 1000. The molecule has 10 heteroatoms. The van der Waals surface area contributed by atoms with Gasteiger partial charge >= 0.3 is 5.97 Å². The number of nitrogens with one attached hydrogen (secondary N) is 3. The van der Waals surface area contributed by atoms with Crippen molar-refractivity contribution in [2.24, 2.45) is 5.92 Å². The second-order valence-corrected chi connectivity index (χ2v) is 8.00. The largest absolute Gasteiger partial charge is 0.481 e. The number of rotatable bonds is 13. The van der Waals surface area contributed by atoms with Crippen LogP contribution in [0.2, 0.25) is 0 Å². The average Bonchev–Trinajstić information content (AvgIpc) is 3.33. The lowest BCUT2D eigenvalue weighted by Gasteiger charge is -2.16. The summed E-state index contributed by atoms with van der Waals surface area (Å²) in [4.78, 5) is 47.6. The van der Waals surface area contributed by atoms with Crippen LogP contribution in [0.1, 0.15) is 68.0 Å². The molecule has 2 atom stereocenters. The van der Waals surface area contributed by atoms with Gasteiger partial charge in [-0.25, -0.2) is 5.48 Å². The Hall–Kier alpha value is -3.66. The Labute approximate surface area is 197 Å². The zero-order valence-corrected chi connectivity index (χ0v) is 19.3. The molecule has 0 aliphatic heterocycles. The summed E-state index contributed by atoms with van der Waals surface area (Å²) in [6, 6.07) is 9.96. The van der Waals surface area contributed by atoms with E-state index in [4.69, 9.17) is 9.62 Å². The molecule has 184 valence electrons. The number of carbonyl (C=O) groups excluding carboxylic acids is 3. The van der Waals surface area contributed by atoms with Gasteiger partial charge in [0.25, 0.3) is 5.91 Å². The third kappa shape index (κ3) is 7.73. The van der Waals surface area contributed by atoms with E-state index in [1.54, 1.807) is 37.3 Å². The van der Waals surface area contributed by atoms with Crippen LogP contribution in [0.3, 0.4) is 0 Å². The molecular formula is C24H31N3O7. The number of carbonyl (C=O) groups is 4. The van der Waals surface area contributed by atoms with E-state index >= 15 is 0 Å². The lowest BCUT2D eigenvalue weighted by molar-refractivity contribution is -0.138. The van der Waals surface area contributed by atoms with Gasteiger partial charge in [0, 0.05) is 17.9 Å². The van der Waals surface area contributed by atoms with Gasteiger partial charge in [-0.2, -0.15) is 0 Å². The Morgan fingerprint density at radius 1 is 1.06 bits per heavy atom. The number of hydrogen-bond acceptors (Lipinski definition) is 6. The first-order chi connectivity index (χ1) is 16.3. The van der Waals surface area contributed by atoms with Gasteiger partial charge in [0.15, 0.2) is 5.76 Å². The SMILES string of the molecule is CCCCC[C@H](CC(=O)NO)C(=O)NCNC(=O)c1ccc(-c2cccc(C(C)C(=O)O)c2)o1. The van der Waals surface area contributed by atoms with E-state index in [1.807, 2.05) is 6.92 Å². The Balaban J connectivity index is 1.94. The number of hydroxylamine groups is 1. The van der Waals surface area contributed by atoms with Gasteiger partial charge in [-0.3, -0.25) is 24.4 Å². The van der Waals surface area contributed by atoms with Crippen molar-refractivity contribution in [3.8, 4) is 11.3 Å². The highest BCUT2D eigenvalue weighted by Crippen LogP contribution is 2.26. The van der Waals surface area contributed by atoms with Crippen LogP contribution in [0.15, 0.2) is 40.8 Å². The van der Waals surface area contributed by atoms with Crippen molar-refractivity contribution in [1.82, 2.24) is 16.1 Å². The number of hydrogen-bond donors (Lipinski definition) is 5.